The summed E-state index contributed by atoms with van der Waals surface area (Å²) < 4.78 is 14.0. The Balaban J connectivity index is 2.09. The van der Waals surface area contributed by atoms with Crippen LogP contribution >= 0.6 is 22.9 Å². The van der Waals surface area contributed by atoms with E-state index in [4.69, 9.17) is 11.6 Å². The molecule has 1 aromatic carbocycles. The zero-order valence-electron chi connectivity index (χ0n) is 10.4. The largest absolute Gasteiger partial charge is 0.481 e. The number of carboxylic acids is 1. The summed E-state index contributed by atoms with van der Waals surface area (Å²) in [5, 5.41) is 9.78. The normalized spacial score (nSPS) is 17.8. The molecular formula is C14H11ClFNO2S. The van der Waals surface area contributed by atoms with E-state index in [2.05, 4.69) is 4.98 Å². The number of hydrogen-bond donors (Lipinski definition) is 1. The minimum atomic E-state index is -0.866. The second kappa shape index (κ2) is 5.14. The summed E-state index contributed by atoms with van der Waals surface area (Å²) in [5.41, 5.74) is 0.921. The molecule has 0 saturated heterocycles. The molecular weight excluding hydrogens is 301 g/mol. The van der Waals surface area contributed by atoms with Gasteiger partial charge in [-0.1, -0.05) is 17.7 Å². The first-order chi connectivity index (χ1) is 9.58. The Kier molecular flexibility index (Phi) is 3.48. The maximum absolute atomic E-state index is 14.0. The quantitative estimate of drug-likeness (QED) is 0.908. The highest BCUT2D eigenvalue weighted by molar-refractivity contribution is 7.15. The molecule has 6 heteroatoms. The van der Waals surface area contributed by atoms with Gasteiger partial charge in [-0.05, 0) is 31.4 Å². The third-order valence-corrected chi connectivity index (χ3v) is 4.89. The first-order valence-electron chi connectivity index (χ1n) is 6.24. The standard InChI is InChI=1S/C14H11ClFNO2S/c15-9-5-1-3-7(11(9)16)13-17-12-8(14(18)19)4-2-6-10(12)20-13/h1,3,5,8H,2,4,6H2,(H,18,19). The maximum Gasteiger partial charge on any atom is 0.312 e. The lowest BCUT2D eigenvalue weighted by Gasteiger charge is -2.16. The average molecular weight is 312 g/mol. The number of halogens is 2. The monoisotopic (exact) mass is 311 g/mol. The van der Waals surface area contributed by atoms with Crippen LogP contribution in [0.25, 0.3) is 10.6 Å². The van der Waals surface area contributed by atoms with E-state index < -0.39 is 17.7 Å². The fourth-order valence-electron chi connectivity index (χ4n) is 2.44. The van der Waals surface area contributed by atoms with Crippen molar-refractivity contribution in [2.45, 2.75) is 25.2 Å². The molecule has 3 nitrogen and oxygen atoms in total. The molecule has 0 radical (unpaired) electrons. The summed E-state index contributed by atoms with van der Waals surface area (Å²) >= 11 is 7.14. The van der Waals surface area contributed by atoms with Crippen molar-refractivity contribution >= 4 is 28.9 Å². The summed E-state index contributed by atoms with van der Waals surface area (Å²) in [5.74, 6) is -1.95. The fraction of sp³-hybridized carbons (Fsp3) is 0.286. The van der Waals surface area contributed by atoms with E-state index in [0.717, 1.165) is 17.7 Å². The minimum Gasteiger partial charge on any atom is -0.481 e. The van der Waals surface area contributed by atoms with Crippen LogP contribution in [-0.4, -0.2) is 16.1 Å². The number of thiazole rings is 1. The van der Waals surface area contributed by atoms with Gasteiger partial charge in [-0.3, -0.25) is 4.79 Å². The second-order valence-electron chi connectivity index (χ2n) is 4.71. The highest BCUT2D eigenvalue weighted by Crippen LogP contribution is 2.39. The van der Waals surface area contributed by atoms with Crippen LogP contribution in [0.4, 0.5) is 4.39 Å². The molecule has 1 atom stereocenters. The summed E-state index contributed by atoms with van der Waals surface area (Å²) in [6.07, 6.45) is 2.21. The first kappa shape index (κ1) is 13.5. The Bertz CT molecular complexity index is 686. The topological polar surface area (TPSA) is 50.2 Å². The van der Waals surface area contributed by atoms with Crippen molar-refractivity contribution < 1.29 is 14.3 Å². The summed E-state index contributed by atoms with van der Waals surface area (Å²) in [6, 6.07) is 4.76. The van der Waals surface area contributed by atoms with Crippen LogP contribution in [0, 0.1) is 5.82 Å². The zero-order valence-corrected chi connectivity index (χ0v) is 12.0. The van der Waals surface area contributed by atoms with E-state index in [1.54, 1.807) is 12.1 Å². The van der Waals surface area contributed by atoms with Crippen LogP contribution in [0.3, 0.4) is 0 Å². The molecule has 1 aliphatic rings. The van der Waals surface area contributed by atoms with Crippen LogP contribution in [-0.2, 0) is 11.2 Å². The smallest absolute Gasteiger partial charge is 0.312 e. The lowest BCUT2D eigenvalue weighted by Crippen LogP contribution is -2.17. The molecule has 0 fully saturated rings. The second-order valence-corrected chi connectivity index (χ2v) is 6.20. The Morgan fingerprint density at radius 2 is 2.30 bits per heavy atom. The third kappa shape index (κ3) is 2.21. The van der Waals surface area contributed by atoms with Crippen molar-refractivity contribution in [3.8, 4) is 10.6 Å². The molecule has 2 aromatic rings. The van der Waals surface area contributed by atoms with E-state index in [1.807, 2.05) is 0 Å². The first-order valence-corrected chi connectivity index (χ1v) is 7.44. The van der Waals surface area contributed by atoms with Gasteiger partial charge in [0.05, 0.1) is 16.6 Å². The number of carbonyl (C=O) groups is 1. The summed E-state index contributed by atoms with van der Waals surface area (Å²) in [7, 11) is 0. The van der Waals surface area contributed by atoms with Gasteiger partial charge in [0, 0.05) is 10.4 Å². The molecule has 0 saturated carbocycles. The SMILES string of the molecule is O=C(O)C1CCCc2sc(-c3cccc(Cl)c3F)nc21. The Morgan fingerprint density at radius 1 is 1.50 bits per heavy atom. The number of benzene rings is 1. The predicted molar refractivity (Wildman–Crippen MR) is 75.8 cm³/mol. The van der Waals surface area contributed by atoms with Gasteiger partial charge in [-0.25, -0.2) is 9.37 Å². The van der Waals surface area contributed by atoms with Crippen LogP contribution < -0.4 is 0 Å². The molecule has 0 bridgehead atoms. The van der Waals surface area contributed by atoms with Gasteiger partial charge in [-0.2, -0.15) is 0 Å². The average Bonchev–Trinajstić information content (AvgIpc) is 2.84. The Morgan fingerprint density at radius 3 is 3.05 bits per heavy atom. The summed E-state index contributed by atoms with van der Waals surface area (Å²) in [4.78, 5) is 16.6. The molecule has 3 rings (SSSR count). The molecule has 0 aliphatic heterocycles. The molecule has 104 valence electrons. The molecule has 1 aromatic heterocycles. The van der Waals surface area contributed by atoms with Crippen LogP contribution in [0.5, 0.6) is 0 Å². The third-order valence-electron chi connectivity index (χ3n) is 3.43. The van der Waals surface area contributed by atoms with Gasteiger partial charge < -0.3 is 5.11 Å². The van der Waals surface area contributed by atoms with Crippen molar-refractivity contribution in [2.75, 3.05) is 0 Å². The molecule has 0 amide bonds. The number of aryl methyl sites for hydroxylation is 1. The predicted octanol–water partition coefficient (Wildman–Crippen LogP) is 4.11. The molecule has 1 aliphatic carbocycles. The lowest BCUT2D eigenvalue weighted by molar-refractivity contribution is -0.139. The van der Waals surface area contributed by atoms with Crippen molar-refractivity contribution in [3.05, 3.63) is 39.6 Å². The van der Waals surface area contributed by atoms with Crippen LogP contribution in [0.2, 0.25) is 5.02 Å². The van der Waals surface area contributed by atoms with Gasteiger partial charge in [0.15, 0.2) is 5.82 Å². The number of rotatable bonds is 2. The molecule has 1 N–H and O–H groups in total. The van der Waals surface area contributed by atoms with Gasteiger partial charge >= 0.3 is 5.97 Å². The van der Waals surface area contributed by atoms with E-state index in [1.165, 1.54) is 17.4 Å². The minimum absolute atomic E-state index is 0.0467. The number of hydrogen-bond acceptors (Lipinski definition) is 3. The van der Waals surface area contributed by atoms with Crippen LogP contribution in [0.15, 0.2) is 18.2 Å². The van der Waals surface area contributed by atoms with Gasteiger partial charge in [-0.15, -0.1) is 11.3 Å². The van der Waals surface area contributed by atoms with Gasteiger partial charge in [0.25, 0.3) is 0 Å². The molecule has 0 spiro atoms. The van der Waals surface area contributed by atoms with Crippen molar-refractivity contribution in [1.29, 1.82) is 0 Å². The van der Waals surface area contributed by atoms with Crippen LogP contribution in [0.1, 0.15) is 29.3 Å². The van der Waals surface area contributed by atoms with E-state index in [9.17, 15) is 14.3 Å². The van der Waals surface area contributed by atoms with Crippen molar-refractivity contribution in [3.63, 3.8) is 0 Å². The van der Waals surface area contributed by atoms with E-state index >= 15 is 0 Å². The Hall–Kier alpha value is -1.46. The fourth-order valence-corrected chi connectivity index (χ4v) is 3.80. The van der Waals surface area contributed by atoms with E-state index in [0.29, 0.717) is 22.7 Å². The molecule has 1 unspecified atom stereocenters. The highest BCUT2D eigenvalue weighted by Gasteiger charge is 2.30. The number of nitrogens with zero attached hydrogens (tertiary/aromatic N) is 1. The van der Waals surface area contributed by atoms with Gasteiger partial charge in [0.1, 0.15) is 5.01 Å². The molecule has 20 heavy (non-hydrogen) atoms. The van der Waals surface area contributed by atoms with Crippen molar-refractivity contribution in [2.24, 2.45) is 0 Å². The number of aliphatic carboxylic acids is 1. The highest BCUT2D eigenvalue weighted by atomic mass is 35.5. The number of fused-ring (bicyclic) bond motifs is 1. The summed E-state index contributed by atoms with van der Waals surface area (Å²) in [6.45, 7) is 0. The maximum atomic E-state index is 14.0. The van der Waals surface area contributed by atoms with E-state index in [-0.39, 0.29) is 5.02 Å². The lowest BCUT2D eigenvalue weighted by atomic mass is 9.91. The molecule has 1 heterocycles. The zero-order chi connectivity index (χ0) is 14.3. The van der Waals surface area contributed by atoms with Gasteiger partial charge in [0.2, 0.25) is 0 Å². The number of carboxylic acid groups (broad SMARTS) is 1. The Labute approximate surface area is 124 Å². The van der Waals surface area contributed by atoms with Crippen molar-refractivity contribution in [1.82, 2.24) is 4.98 Å². The number of aromatic nitrogens is 1.